The molecule has 1 atom stereocenters. The number of hydrogen-bond acceptors (Lipinski definition) is 2. The van der Waals surface area contributed by atoms with Crippen molar-refractivity contribution in [3.8, 4) is 0 Å². The molecule has 20 heavy (non-hydrogen) atoms. The van der Waals surface area contributed by atoms with Gasteiger partial charge >= 0.3 is 5.97 Å². The smallest absolute Gasteiger partial charge is 0.338 e. The van der Waals surface area contributed by atoms with Crippen molar-refractivity contribution >= 4 is 11.7 Å². The Balaban J connectivity index is 2.13. The molecule has 0 amide bonds. The number of halogens is 2. The van der Waals surface area contributed by atoms with Crippen LogP contribution < -0.4 is 5.32 Å². The highest BCUT2D eigenvalue weighted by molar-refractivity contribution is 5.88. The number of benzene rings is 1. The summed E-state index contributed by atoms with van der Waals surface area (Å²) in [5.41, 5.74) is -0.607. The molecule has 1 aliphatic carbocycles. The molecule has 0 spiro atoms. The molecule has 1 aliphatic rings. The summed E-state index contributed by atoms with van der Waals surface area (Å²) in [7, 11) is 0. The van der Waals surface area contributed by atoms with Crippen LogP contribution in [0, 0.1) is 17.6 Å². The highest BCUT2D eigenvalue weighted by Crippen LogP contribution is 2.29. The van der Waals surface area contributed by atoms with Gasteiger partial charge in [-0.05, 0) is 37.8 Å². The molecule has 0 aliphatic heterocycles. The van der Waals surface area contributed by atoms with E-state index >= 15 is 0 Å². The van der Waals surface area contributed by atoms with Crippen LogP contribution in [0.4, 0.5) is 14.5 Å². The van der Waals surface area contributed by atoms with E-state index in [0.29, 0.717) is 5.92 Å². The Bertz CT molecular complexity index is 499. The summed E-state index contributed by atoms with van der Waals surface area (Å²) in [5, 5.41) is 11.7. The summed E-state index contributed by atoms with van der Waals surface area (Å²) in [6.07, 6.45) is 5.76. The van der Waals surface area contributed by atoms with Crippen LogP contribution in [0.3, 0.4) is 0 Å². The Labute approximate surface area is 117 Å². The van der Waals surface area contributed by atoms with Gasteiger partial charge in [-0.25, -0.2) is 13.6 Å². The van der Waals surface area contributed by atoms with Crippen LogP contribution in [0.25, 0.3) is 0 Å². The van der Waals surface area contributed by atoms with Gasteiger partial charge in [0.1, 0.15) is 0 Å². The predicted molar refractivity (Wildman–Crippen MR) is 73.0 cm³/mol. The SMILES string of the molecule is CC(Nc1ccc(C(=O)O)c(F)c1F)C1CCCCC1. The molecule has 0 saturated heterocycles. The highest BCUT2D eigenvalue weighted by Gasteiger charge is 2.23. The van der Waals surface area contributed by atoms with Gasteiger partial charge in [0.25, 0.3) is 0 Å². The van der Waals surface area contributed by atoms with Gasteiger partial charge in [-0.15, -0.1) is 0 Å². The molecule has 0 radical (unpaired) electrons. The average molecular weight is 283 g/mol. The van der Waals surface area contributed by atoms with E-state index in [9.17, 15) is 13.6 Å². The maximum Gasteiger partial charge on any atom is 0.338 e. The third-order valence-corrected chi connectivity index (χ3v) is 4.05. The molecule has 0 aromatic heterocycles. The van der Waals surface area contributed by atoms with Crippen molar-refractivity contribution in [2.75, 3.05) is 5.32 Å². The largest absolute Gasteiger partial charge is 0.478 e. The maximum atomic E-state index is 13.8. The van der Waals surface area contributed by atoms with Gasteiger partial charge in [0.05, 0.1) is 11.3 Å². The van der Waals surface area contributed by atoms with E-state index in [4.69, 9.17) is 5.11 Å². The minimum atomic E-state index is -1.46. The molecular weight excluding hydrogens is 264 g/mol. The van der Waals surface area contributed by atoms with Crippen molar-refractivity contribution in [2.24, 2.45) is 5.92 Å². The zero-order valence-electron chi connectivity index (χ0n) is 11.5. The summed E-state index contributed by atoms with van der Waals surface area (Å²) in [4.78, 5) is 10.7. The molecule has 2 N–H and O–H groups in total. The number of rotatable bonds is 4. The first-order valence-corrected chi connectivity index (χ1v) is 6.98. The topological polar surface area (TPSA) is 49.3 Å². The normalized spacial score (nSPS) is 17.8. The van der Waals surface area contributed by atoms with E-state index in [-0.39, 0.29) is 11.7 Å². The van der Waals surface area contributed by atoms with Crippen LogP contribution in [-0.2, 0) is 0 Å². The Morgan fingerprint density at radius 2 is 1.90 bits per heavy atom. The average Bonchev–Trinajstić information content (AvgIpc) is 2.44. The first-order chi connectivity index (χ1) is 9.50. The Morgan fingerprint density at radius 1 is 1.25 bits per heavy atom. The van der Waals surface area contributed by atoms with Gasteiger partial charge in [-0.3, -0.25) is 0 Å². The number of carboxylic acid groups (broad SMARTS) is 1. The van der Waals surface area contributed by atoms with Gasteiger partial charge in [0.2, 0.25) is 0 Å². The van der Waals surface area contributed by atoms with Gasteiger partial charge in [-0.1, -0.05) is 19.3 Å². The third kappa shape index (κ3) is 3.08. The van der Waals surface area contributed by atoms with Crippen LogP contribution in [-0.4, -0.2) is 17.1 Å². The van der Waals surface area contributed by atoms with Crippen LogP contribution in [0.2, 0.25) is 0 Å². The lowest BCUT2D eigenvalue weighted by Crippen LogP contribution is -2.28. The molecule has 1 saturated carbocycles. The summed E-state index contributed by atoms with van der Waals surface area (Å²) < 4.78 is 27.5. The standard InChI is InChI=1S/C15H19F2NO2/c1-9(10-5-3-2-4-6-10)18-12-8-7-11(15(19)20)13(16)14(12)17/h7-10,18H,2-6H2,1H3,(H,19,20). The minimum absolute atomic E-state index is 0.0329. The molecule has 0 bridgehead atoms. The molecule has 0 heterocycles. The van der Waals surface area contributed by atoms with Crippen molar-refractivity contribution in [1.29, 1.82) is 0 Å². The van der Waals surface area contributed by atoms with Gasteiger partial charge in [0, 0.05) is 6.04 Å². The molecule has 3 nitrogen and oxygen atoms in total. The molecule has 5 heteroatoms. The minimum Gasteiger partial charge on any atom is -0.478 e. The third-order valence-electron chi connectivity index (χ3n) is 4.05. The van der Waals surface area contributed by atoms with E-state index in [1.165, 1.54) is 25.3 Å². The lowest BCUT2D eigenvalue weighted by Gasteiger charge is -2.29. The monoisotopic (exact) mass is 283 g/mol. The van der Waals surface area contributed by atoms with E-state index in [0.717, 1.165) is 18.9 Å². The Morgan fingerprint density at radius 3 is 2.50 bits per heavy atom. The Kier molecular flexibility index (Phi) is 4.57. The molecule has 1 aromatic rings. The molecule has 2 rings (SSSR count). The van der Waals surface area contributed by atoms with Crippen LogP contribution in [0.1, 0.15) is 49.4 Å². The van der Waals surface area contributed by atoms with Crippen LogP contribution in [0.5, 0.6) is 0 Å². The second-order valence-corrected chi connectivity index (χ2v) is 5.42. The highest BCUT2D eigenvalue weighted by atomic mass is 19.2. The van der Waals surface area contributed by atoms with E-state index < -0.39 is 23.2 Å². The van der Waals surface area contributed by atoms with E-state index in [1.54, 1.807) is 0 Å². The van der Waals surface area contributed by atoms with Gasteiger partial charge in [-0.2, -0.15) is 0 Å². The van der Waals surface area contributed by atoms with Crippen molar-refractivity contribution in [2.45, 2.75) is 45.1 Å². The number of carbonyl (C=O) groups is 1. The predicted octanol–water partition coefficient (Wildman–Crippen LogP) is 4.04. The second-order valence-electron chi connectivity index (χ2n) is 5.42. The van der Waals surface area contributed by atoms with Crippen molar-refractivity contribution in [3.05, 3.63) is 29.3 Å². The zero-order valence-corrected chi connectivity index (χ0v) is 11.5. The molecule has 110 valence electrons. The van der Waals surface area contributed by atoms with E-state index in [1.807, 2.05) is 6.92 Å². The summed E-state index contributed by atoms with van der Waals surface area (Å²) in [5.74, 6) is -3.44. The van der Waals surface area contributed by atoms with Crippen LogP contribution in [0.15, 0.2) is 12.1 Å². The molecule has 1 aromatic carbocycles. The van der Waals surface area contributed by atoms with Crippen LogP contribution >= 0.6 is 0 Å². The summed E-state index contributed by atoms with van der Waals surface area (Å²) in [6, 6.07) is 2.43. The zero-order chi connectivity index (χ0) is 14.7. The summed E-state index contributed by atoms with van der Waals surface area (Å²) >= 11 is 0. The van der Waals surface area contributed by atoms with E-state index in [2.05, 4.69) is 5.32 Å². The Hall–Kier alpha value is -1.65. The first-order valence-electron chi connectivity index (χ1n) is 6.98. The van der Waals surface area contributed by atoms with Crippen molar-refractivity contribution < 1.29 is 18.7 Å². The van der Waals surface area contributed by atoms with Crippen molar-refractivity contribution in [1.82, 2.24) is 0 Å². The quantitative estimate of drug-likeness (QED) is 0.876. The molecule has 1 fully saturated rings. The fraction of sp³-hybridized carbons (Fsp3) is 0.533. The lowest BCUT2D eigenvalue weighted by molar-refractivity contribution is 0.0690. The lowest BCUT2D eigenvalue weighted by atomic mass is 9.84. The number of nitrogens with one attached hydrogen (secondary N) is 1. The fourth-order valence-corrected chi connectivity index (χ4v) is 2.82. The number of carboxylic acids is 1. The van der Waals surface area contributed by atoms with Gasteiger partial charge < -0.3 is 10.4 Å². The maximum absolute atomic E-state index is 13.8. The number of anilines is 1. The second kappa shape index (κ2) is 6.20. The van der Waals surface area contributed by atoms with Gasteiger partial charge in [0.15, 0.2) is 11.6 Å². The molecule has 1 unspecified atom stereocenters. The number of hydrogen-bond donors (Lipinski definition) is 2. The first kappa shape index (κ1) is 14.8. The number of aromatic carboxylic acids is 1. The van der Waals surface area contributed by atoms with Crippen molar-refractivity contribution in [3.63, 3.8) is 0 Å². The molecular formula is C15H19F2NO2. The fourth-order valence-electron chi connectivity index (χ4n) is 2.82. The summed E-state index contributed by atoms with van der Waals surface area (Å²) in [6.45, 7) is 1.96.